The standard InChI is InChI=1S/C11H16N4/c1-2-13-9-3-5-10(6-4-9)15-8-7-11(12)14-15/h3-7,13-14H,2,8,12H2,1H3. The van der Waals surface area contributed by atoms with E-state index in [1.54, 1.807) is 0 Å². The van der Waals surface area contributed by atoms with E-state index >= 15 is 0 Å². The average molecular weight is 204 g/mol. The lowest BCUT2D eigenvalue weighted by atomic mass is 10.2. The molecule has 1 aliphatic heterocycles. The molecule has 0 unspecified atom stereocenters. The van der Waals surface area contributed by atoms with Gasteiger partial charge in [-0.05, 0) is 37.3 Å². The number of anilines is 2. The predicted octanol–water partition coefficient (Wildman–Crippen LogP) is 1.24. The summed E-state index contributed by atoms with van der Waals surface area (Å²) in [5, 5.41) is 5.26. The topological polar surface area (TPSA) is 53.3 Å². The maximum Gasteiger partial charge on any atom is 0.113 e. The number of nitrogens with two attached hydrogens (primary N) is 1. The number of nitrogens with one attached hydrogen (secondary N) is 2. The van der Waals surface area contributed by atoms with E-state index in [-0.39, 0.29) is 0 Å². The summed E-state index contributed by atoms with van der Waals surface area (Å²) in [6.45, 7) is 3.84. The Morgan fingerprint density at radius 3 is 2.67 bits per heavy atom. The molecule has 1 aromatic carbocycles. The first kappa shape index (κ1) is 9.71. The van der Waals surface area contributed by atoms with Crippen molar-refractivity contribution in [1.82, 2.24) is 5.43 Å². The molecule has 0 spiro atoms. The number of rotatable bonds is 3. The molecule has 80 valence electrons. The fraction of sp³-hybridized carbons (Fsp3) is 0.273. The third-order valence-electron chi connectivity index (χ3n) is 2.32. The molecule has 1 heterocycles. The van der Waals surface area contributed by atoms with Gasteiger partial charge in [0.05, 0.1) is 12.2 Å². The summed E-state index contributed by atoms with van der Waals surface area (Å²) in [7, 11) is 0. The van der Waals surface area contributed by atoms with Gasteiger partial charge in [-0.15, -0.1) is 0 Å². The van der Waals surface area contributed by atoms with Crippen LogP contribution in [0.15, 0.2) is 36.2 Å². The zero-order valence-electron chi connectivity index (χ0n) is 8.83. The minimum Gasteiger partial charge on any atom is -0.385 e. The van der Waals surface area contributed by atoms with Crippen LogP contribution in [0.2, 0.25) is 0 Å². The highest BCUT2D eigenvalue weighted by molar-refractivity contribution is 5.55. The van der Waals surface area contributed by atoms with E-state index in [0.29, 0.717) is 5.82 Å². The van der Waals surface area contributed by atoms with Crippen molar-refractivity contribution in [1.29, 1.82) is 0 Å². The Morgan fingerprint density at radius 2 is 2.13 bits per heavy atom. The van der Waals surface area contributed by atoms with Gasteiger partial charge in [0.1, 0.15) is 5.82 Å². The molecule has 0 fully saturated rings. The molecule has 1 aromatic rings. The average Bonchev–Trinajstić information content (AvgIpc) is 2.67. The van der Waals surface area contributed by atoms with E-state index in [9.17, 15) is 0 Å². The number of nitrogens with zero attached hydrogens (tertiary/aromatic N) is 1. The summed E-state index contributed by atoms with van der Waals surface area (Å²) in [4.78, 5) is 0. The maximum atomic E-state index is 5.64. The molecule has 1 aliphatic rings. The summed E-state index contributed by atoms with van der Waals surface area (Å²) in [5.74, 6) is 0.714. The van der Waals surface area contributed by atoms with Crippen LogP contribution >= 0.6 is 0 Å². The first-order valence-corrected chi connectivity index (χ1v) is 5.13. The Morgan fingerprint density at radius 1 is 1.40 bits per heavy atom. The van der Waals surface area contributed by atoms with Gasteiger partial charge in [0.15, 0.2) is 0 Å². The van der Waals surface area contributed by atoms with Crippen molar-refractivity contribution in [3.05, 3.63) is 36.2 Å². The minimum atomic E-state index is 0.714. The number of hydrogen-bond donors (Lipinski definition) is 3. The van der Waals surface area contributed by atoms with Crippen LogP contribution in [0.4, 0.5) is 11.4 Å². The Labute approximate surface area is 89.7 Å². The normalized spacial score (nSPS) is 14.7. The van der Waals surface area contributed by atoms with Crippen LogP contribution < -0.4 is 21.5 Å². The highest BCUT2D eigenvalue weighted by Crippen LogP contribution is 2.18. The Kier molecular flexibility index (Phi) is 2.67. The lowest BCUT2D eigenvalue weighted by Crippen LogP contribution is -2.33. The summed E-state index contributed by atoms with van der Waals surface area (Å²) in [6.07, 6.45) is 1.96. The largest absolute Gasteiger partial charge is 0.385 e. The molecule has 2 rings (SSSR count). The quantitative estimate of drug-likeness (QED) is 0.693. The highest BCUT2D eigenvalue weighted by Gasteiger charge is 2.10. The van der Waals surface area contributed by atoms with Crippen molar-refractivity contribution < 1.29 is 0 Å². The van der Waals surface area contributed by atoms with Crippen LogP contribution in [0, 0.1) is 0 Å². The monoisotopic (exact) mass is 204 g/mol. The highest BCUT2D eigenvalue weighted by atomic mass is 15.5. The lowest BCUT2D eigenvalue weighted by Gasteiger charge is -2.19. The van der Waals surface area contributed by atoms with E-state index in [1.165, 1.54) is 0 Å². The third-order valence-corrected chi connectivity index (χ3v) is 2.32. The van der Waals surface area contributed by atoms with Crippen molar-refractivity contribution in [3.8, 4) is 0 Å². The predicted molar refractivity (Wildman–Crippen MR) is 63.4 cm³/mol. The molecular formula is C11H16N4. The molecule has 0 aromatic heterocycles. The van der Waals surface area contributed by atoms with Crippen LogP contribution in [0.1, 0.15) is 6.92 Å². The minimum absolute atomic E-state index is 0.714. The molecule has 0 atom stereocenters. The fourth-order valence-electron chi connectivity index (χ4n) is 1.57. The van der Waals surface area contributed by atoms with Crippen molar-refractivity contribution in [2.75, 3.05) is 23.4 Å². The van der Waals surface area contributed by atoms with Crippen LogP contribution in [-0.4, -0.2) is 13.1 Å². The van der Waals surface area contributed by atoms with E-state index in [4.69, 9.17) is 5.73 Å². The van der Waals surface area contributed by atoms with Gasteiger partial charge in [0.2, 0.25) is 0 Å². The molecule has 4 nitrogen and oxygen atoms in total. The van der Waals surface area contributed by atoms with Crippen molar-refractivity contribution in [3.63, 3.8) is 0 Å². The summed E-state index contributed by atoms with van der Waals surface area (Å²) < 4.78 is 0. The SMILES string of the molecule is CCNc1ccc(N2CC=C(N)N2)cc1. The molecule has 4 N–H and O–H groups in total. The molecule has 15 heavy (non-hydrogen) atoms. The van der Waals surface area contributed by atoms with Crippen LogP contribution in [0.5, 0.6) is 0 Å². The second kappa shape index (κ2) is 4.13. The molecular weight excluding hydrogens is 188 g/mol. The molecule has 4 heteroatoms. The van der Waals surface area contributed by atoms with Crippen molar-refractivity contribution in [2.24, 2.45) is 5.73 Å². The van der Waals surface area contributed by atoms with E-state index in [0.717, 1.165) is 24.5 Å². The second-order valence-corrected chi connectivity index (χ2v) is 3.46. The molecule has 0 bridgehead atoms. The Balaban J connectivity index is 2.04. The lowest BCUT2D eigenvalue weighted by molar-refractivity contribution is 0.797. The van der Waals surface area contributed by atoms with Crippen molar-refractivity contribution in [2.45, 2.75) is 6.92 Å². The fourth-order valence-corrected chi connectivity index (χ4v) is 1.57. The van der Waals surface area contributed by atoms with E-state index < -0.39 is 0 Å². The number of benzene rings is 1. The number of hydrazine groups is 1. The zero-order valence-corrected chi connectivity index (χ0v) is 8.83. The Bertz CT molecular complexity index is 355. The van der Waals surface area contributed by atoms with Gasteiger partial charge in [0, 0.05) is 12.2 Å². The number of hydrogen-bond acceptors (Lipinski definition) is 4. The van der Waals surface area contributed by atoms with Gasteiger partial charge in [-0.2, -0.15) is 0 Å². The summed E-state index contributed by atoms with van der Waals surface area (Å²) in [5.41, 5.74) is 11.0. The van der Waals surface area contributed by atoms with Gasteiger partial charge in [0.25, 0.3) is 0 Å². The van der Waals surface area contributed by atoms with Gasteiger partial charge in [-0.3, -0.25) is 10.4 Å². The summed E-state index contributed by atoms with van der Waals surface area (Å²) >= 11 is 0. The molecule has 0 radical (unpaired) electrons. The maximum absolute atomic E-state index is 5.64. The first-order valence-electron chi connectivity index (χ1n) is 5.13. The zero-order chi connectivity index (χ0) is 10.7. The van der Waals surface area contributed by atoms with Crippen LogP contribution in [-0.2, 0) is 0 Å². The molecule has 0 amide bonds. The van der Waals surface area contributed by atoms with E-state index in [1.807, 2.05) is 11.1 Å². The Hall–Kier alpha value is -1.84. The van der Waals surface area contributed by atoms with Gasteiger partial charge in [-0.1, -0.05) is 0 Å². The second-order valence-electron chi connectivity index (χ2n) is 3.46. The van der Waals surface area contributed by atoms with Crippen LogP contribution in [0.25, 0.3) is 0 Å². The summed E-state index contributed by atoms with van der Waals surface area (Å²) in [6, 6.07) is 8.26. The third kappa shape index (κ3) is 2.15. The van der Waals surface area contributed by atoms with Crippen molar-refractivity contribution >= 4 is 11.4 Å². The first-order chi connectivity index (χ1) is 7.29. The van der Waals surface area contributed by atoms with E-state index in [2.05, 4.69) is 41.9 Å². The van der Waals surface area contributed by atoms with Gasteiger partial charge >= 0.3 is 0 Å². The smallest absolute Gasteiger partial charge is 0.113 e. The molecule has 0 saturated heterocycles. The van der Waals surface area contributed by atoms with Gasteiger partial charge in [-0.25, -0.2) is 0 Å². The molecule has 0 saturated carbocycles. The van der Waals surface area contributed by atoms with Gasteiger partial charge < -0.3 is 11.1 Å². The van der Waals surface area contributed by atoms with Crippen LogP contribution in [0.3, 0.4) is 0 Å². The molecule has 0 aliphatic carbocycles.